The van der Waals surface area contributed by atoms with Crippen molar-refractivity contribution in [2.45, 2.75) is 19.4 Å². The number of carbonyl (C=O) groups excluding carboxylic acids is 1. The molecule has 0 radical (unpaired) electrons. The van der Waals surface area contributed by atoms with Gasteiger partial charge in [-0.05, 0) is 46.3 Å². The number of ether oxygens (including phenoxy) is 1. The van der Waals surface area contributed by atoms with E-state index < -0.39 is 0 Å². The molecule has 2 aromatic carbocycles. The highest BCUT2D eigenvalue weighted by atomic mass is 32.1. The molecule has 2 aromatic heterocycles. The summed E-state index contributed by atoms with van der Waals surface area (Å²) in [6, 6.07) is 20.2. The molecular weight excluding hydrogens is 380 g/mol. The Bertz CT molecular complexity index is 1120. The molecule has 0 saturated carbocycles. The number of amides is 1. The van der Waals surface area contributed by atoms with Crippen LogP contribution < -0.4 is 10.1 Å². The number of carbonyl (C=O) groups is 1. The highest BCUT2D eigenvalue weighted by Crippen LogP contribution is 2.29. The summed E-state index contributed by atoms with van der Waals surface area (Å²) in [5, 5.41) is 7.36. The van der Waals surface area contributed by atoms with Crippen molar-refractivity contribution in [3.63, 3.8) is 0 Å². The second kappa shape index (κ2) is 8.88. The van der Waals surface area contributed by atoms with Gasteiger partial charge in [0.1, 0.15) is 5.75 Å². The second-order valence-corrected chi connectivity index (χ2v) is 7.68. The van der Waals surface area contributed by atoms with Crippen LogP contribution in [0.25, 0.3) is 21.3 Å². The number of pyridine rings is 1. The Labute approximate surface area is 174 Å². The first-order valence-corrected chi connectivity index (χ1v) is 10.4. The van der Waals surface area contributed by atoms with Gasteiger partial charge in [0.25, 0.3) is 0 Å². The van der Waals surface area contributed by atoms with Gasteiger partial charge in [-0.3, -0.25) is 9.78 Å². The monoisotopic (exact) mass is 402 g/mol. The lowest BCUT2D eigenvalue weighted by Gasteiger charge is -2.13. The van der Waals surface area contributed by atoms with Crippen LogP contribution in [0.3, 0.4) is 0 Å². The third kappa shape index (κ3) is 4.30. The first-order chi connectivity index (χ1) is 14.3. The maximum absolute atomic E-state index is 12.6. The van der Waals surface area contributed by atoms with E-state index in [1.54, 1.807) is 24.6 Å². The zero-order valence-electron chi connectivity index (χ0n) is 16.2. The van der Waals surface area contributed by atoms with Crippen LogP contribution in [0.5, 0.6) is 5.75 Å². The molecule has 0 saturated heterocycles. The summed E-state index contributed by atoms with van der Waals surface area (Å²) < 4.78 is 5.53. The highest BCUT2D eigenvalue weighted by Gasteiger charge is 2.12. The summed E-state index contributed by atoms with van der Waals surface area (Å²) in [6.07, 6.45) is 2.81. The summed E-state index contributed by atoms with van der Waals surface area (Å²) in [4.78, 5) is 18.2. The minimum atomic E-state index is 0.0148. The lowest BCUT2D eigenvalue weighted by molar-refractivity contribution is -0.121. The molecule has 4 rings (SSSR count). The van der Waals surface area contributed by atoms with Crippen LogP contribution >= 0.6 is 11.3 Å². The SMILES string of the molecule is COc1ccc2ccccc2c1CCC(=O)NCc1cccnc1-c1cccs1. The van der Waals surface area contributed by atoms with Crippen molar-refractivity contribution in [1.29, 1.82) is 0 Å². The number of benzene rings is 2. The fraction of sp³-hybridized carbons (Fsp3) is 0.167. The summed E-state index contributed by atoms with van der Waals surface area (Å²) in [5.74, 6) is 0.838. The standard InChI is InChI=1S/C24H22N2O2S/c1-28-21-12-10-17-6-2-3-8-19(17)20(21)11-13-23(27)26-16-18-7-4-14-25-24(18)22-9-5-15-29-22/h2-10,12,14-15H,11,13,16H2,1H3,(H,26,27). The van der Waals surface area contributed by atoms with Crippen molar-refractivity contribution in [2.75, 3.05) is 7.11 Å². The Morgan fingerprint density at radius 2 is 1.97 bits per heavy atom. The first-order valence-electron chi connectivity index (χ1n) is 9.55. The van der Waals surface area contributed by atoms with Crippen molar-refractivity contribution in [2.24, 2.45) is 0 Å². The van der Waals surface area contributed by atoms with Crippen LogP contribution in [-0.4, -0.2) is 18.0 Å². The van der Waals surface area contributed by atoms with Gasteiger partial charge in [0.2, 0.25) is 5.91 Å². The Morgan fingerprint density at radius 3 is 2.79 bits per heavy atom. The molecular formula is C24H22N2O2S. The zero-order chi connectivity index (χ0) is 20.1. The van der Waals surface area contributed by atoms with Crippen molar-refractivity contribution < 1.29 is 9.53 Å². The van der Waals surface area contributed by atoms with Gasteiger partial charge in [-0.1, -0.05) is 42.5 Å². The number of fused-ring (bicyclic) bond motifs is 1. The van der Waals surface area contributed by atoms with Crippen LogP contribution in [0.15, 0.2) is 72.2 Å². The van der Waals surface area contributed by atoms with Crippen LogP contribution in [0.4, 0.5) is 0 Å². The van der Waals surface area contributed by atoms with E-state index in [9.17, 15) is 4.79 Å². The number of nitrogens with zero attached hydrogens (tertiary/aromatic N) is 1. The quantitative estimate of drug-likeness (QED) is 0.461. The zero-order valence-corrected chi connectivity index (χ0v) is 17.0. The van der Waals surface area contributed by atoms with E-state index in [2.05, 4.69) is 22.4 Å². The Morgan fingerprint density at radius 1 is 1.07 bits per heavy atom. The van der Waals surface area contributed by atoms with E-state index in [-0.39, 0.29) is 5.91 Å². The normalized spacial score (nSPS) is 10.8. The highest BCUT2D eigenvalue weighted by molar-refractivity contribution is 7.13. The predicted molar refractivity (Wildman–Crippen MR) is 118 cm³/mol. The Kier molecular flexibility index (Phi) is 5.86. The molecule has 4 aromatic rings. The second-order valence-electron chi connectivity index (χ2n) is 6.73. The molecule has 146 valence electrons. The van der Waals surface area contributed by atoms with Gasteiger partial charge in [-0.2, -0.15) is 0 Å². The molecule has 0 unspecified atom stereocenters. The topological polar surface area (TPSA) is 51.2 Å². The maximum Gasteiger partial charge on any atom is 0.220 e. The molecule has 0 aliphatic rings. The van der Waals surface area contributed by atoms with Crippen LogP contribution in [-0.2, 0) is 17.8 Å². The van der Waals surface area contributed by atoms with Gasteiger partial charge in [0.15, 0.2) is 0 Å². The average molecular weight is 403 g/mol. The van der Waals surface area contributed by atoms with Gasteiger partial charge in [0, 0.05) is 24.7 Å². The fourth-order valence-electron chi connectivity index (χ4n) is 3.50. The molecule has 0 atom stereocenters. The smallest absolute Gasteiger partial charge is 0.220 e. The number of methoxy groups -OCH3 is 1. The van der Waals surface area contributed by atoms with Crippen LogP contribution in [0, 0.1) is 0 Å². The first kappa shape index (κ1) is 19.2. The van der Waals surface area contributed by atoms with Crippen molar-refractivity contribution >= 4 is 28.0 Å². The summed E-state index contributed by atoms with van der Waals surface area (Å²) in [7, 11) is 1.67. The van der Waals surface area contributed by atoms with Gasteiger partial charge in [0.05, 0.1) is 17.7 Å². The molecule has 2 heterocycles. The number of hydrogen-bond donors (Lipinski definition) is 1. The number of aryl methyl sites for hydroxylation is 1. The molecule has 0 aliphatic heterocycles. The molecule has 0 spiro atoms. The lowest BCUT2D eigenvalue weighted by Crippen LogP contribution is -2.23. The molecule has 0 fully saturated rings. The number of thiophene rings is 1. The van der Waals surface area contributed by atoms with Crippen LogP contribution in [0.1, 0.15) is 17.5 Å². The number of aromatic nitrogens is 1. The molecule has 29 heavy (non-hydrogen) atoms. The Balaban J connectivity index is 1.44. The lowest BCUT2D eigenvalue weighted by atomic mass is 9.99. The van der Waals surface area contributed by atoms with Crippen LogP contribution in [0.2, 0.25) is 0 Å². The van der Waals surface area contributed by atoms with Crippen molar-refractivity contribution in [3.05, 3.63) is 83.4 Å². The van der Waals surface area contributed by atoms with E-state index >= 15 is 0 Å². The number of hydrogen-bond acceptors (Lipinski definition) is 4. The summed E-state index contributed by atoms with van der Waals surface area (Å²) in [6.45, 7) is 0.465. The third-order valence-electron chi connectivity index (χ3n) is 4.94. The van der Waals surface area contributed by atoms with Crippen molar-refractivity contribution in [3.8, 4) is 16.3 Å². The predicted octanol–water partition coefficient (Wildman–Crippen LogP) is 5.22. The van der Waals surface area contributed by atoms with Gasteiger partial charge in [-0.25, -0.2) is 0 Å². The van der Waals surface area contributed by atoms with Crippen molar-refractivity contribution in [1.82, 2.24) is 10.3 Å². The minimum absolute atomic E-state index is 0.0148. The molecule has 1 amide bonds. The molecule has 0 aliphatic carbocycles. The number of rotatable bonds is 7. The van der Waals surface area contributed by atoms with Gasteiger partial charge in [-0.15, -0.1) is 11.3 Å². The van der Waals surface area contributed by atoms with Gasteiger partial charge >= 0.3 is 0 Å². The van der Waals surface area contributed by atoms with Gasteiger partial charge < -0.3 is 10.1 Å². The average Bonchev–Trinajstić information content (AvgIpc) is 3.31. The largest absolute Gasteiger partial charge is 0.496 e. The summed E-state index contributed by atoms with van der Waals surface area (Å²) >= 11 is 1.65. The van der Waals surface area contributed by atoms with E-state index in [0.717, 1.165) is 38.2 Å². The minimum Gasteiger partial charge on any atom is -0.496 e. The van der Waals surface area contributed by atoms with E-state index in [1.807, 2.05) is 53.9 Å². The maximum atomic E-state index is 12.6. The van der Waals surface area contributed by atoms with E-state index in [4.69, 9.17) is 4.74 Å². The molecule has 0 bridgehead atoms. The van der Waals surface area contributed by atoms with E-state index in [1.165, 1.54) is 0 Å². The fourth-order valence-corrected chi connectivity index (χ4v) is 4.26. The molecule has 1 N–H and O–H groups in total. The molecule has 4 nitrogen and oxygen atoms in total. The number of nitrogens with one attached hydrogen (secondary N) is 1. The third-order valence-corrected chi connectivity index (χ3v) is 5.82. The van der Waals surface area contributed by atoms with E-state index in [0.29, 0.717) is 19.4 Å². The Hall–Kier alpha value is -3.18. The summed E-state index contributed by atoms with van der Waals surface area (Å²) in [5.41, 5.74) is 3.02. The molecule has 5 heteroatoms.